The van der Waals surface area contributed by atoms with Gasteiger partial charge in [0, 0.05) is 18.9 Å². The molecule has 2 N–H and O–H groups in total. The average Bonchev–Trinajstić information content (AvgIpc) is 2.53. The van der Waals surface area contributed by atoms with Gasteiger partial charge in [-0.1, -0.05) is 12.2 Å². The molecule has 1 aromatic rings. The highest BCUT2D eigenvalue weighted by atomic mass is 16.4. The van der Waals surface area contributed by atoms with E-state index >= 15 is 0 Å². The van der Waals surface area contributed by atoms with E-state index in [4.69, 9.17) is 0 Å². The second-order valence-electron chi connectivity index (χ2n) is 5.75. The van der Waals surface area contributed by atoms with Crippen LogP contribution in [-0.4, -0.2) is 22.0 Å². The number of aromatic nitrogens is 1. The van der Waals surface area contributed by atoms with E-state index in [2.05, 4.69) is 10.3 Å². The summed E-state index contributed by atoms with van der Waals surface area (Å²) in [5.74, 6) is -2.02. The summed E-state index contributed by atoms with van der Waals surface area (Å²) in [5.41, 5.74) is 0.960. The zero-order chi connectivity index (χ0) is 14.8. The summed E-state index contributed by atoms with van der Waals surface area (Å²) in [6.45, 7) is 0.408. The Balaban J connectivity index is 1.71. The molecule has 1 aromatic heterocycles. The van der Waals surface area contributed by atoms with Crippen LogP contribution < -0.4 is 5.32 Å². The minimum atomic E-state index is -0.863. The maximum Gasteiger partial charge on any atom is 0.307 e. The van der Waals surface area contributed by atoms with Gasteiger partial charge in [-0.3, -0.25) is 14.6 Å². The molecule has 0 saturated heterocycles. The molecule has 5 nitrogen and oxygen atoms in total. The number of carboxylic acid groups (broad SMARTS) is 1. The van der Waals surface area contributed by atoms with Gasteiger partial charge in [-0.15, -0.1) is 0 Å². The van der Waals surface area contributed by atoms with Crippen molar-refractivity contribution in [1.82, 2.24) is 10.3 Å². The van der Waals surface area contributed by atoms with Gasteiger partial charge < -0.3 is 10.4 Å². The Morgan fingerprint density at radius 3 is 2.33 bits per heavy atom. The Morgan fingerprint density at radius 1 is 1.14 bits per heavy atom. The van der Waals surface area contributed by atoms with Crippen LogP contribution in [0.1, 0.15) is 18.4 Å². The van der Waals surface area contributed by atoms with Crippen molar-refractivity contribution in [1.29, 1.82) is 0 Å². The van der Waals surface area contributed by atoms with Crippen LogP contribution in [0, 0.1) is 23.7 Å². The number of amides is 1. The predicted octanol–water partition coefficient (Wildman–Crippen LogP) is 1.61. The highest BCUT2D eigenvalue weighted by Crippen LogP contribution is 2.45. The molecule has 0 unspecified atom stereocenters. The van der Waals surface area contributed by atoms with Gasteiger partial charge in [0.05, 0.1) is 11.8 Å². The fraction of sp³-hybridized carbons (Fsp3) is 0.438. The molecule has 0 aliphatic heterocycles. The van der Waals surface area contributed by atoms with Crippen LogP contribution in [0.4, 0.5) is 0 Å². The number of fused-ring (bicyclic) bond motifs is 2. The SMILES string of the molecule is O=C(O)[C@@H]1[C@@H](C(=O)NCc2ccncc2)[C@H]2C=C[C@H]1CC2. The van der Waals surface area contributed by atoms with Gasteiger partial charge in [-0.2, -0.15) is 0 Å². The molecule has 1 saturated carbocycles. The zero-order valence-electron chi connectivity index (χ0n) is 11.6. The van der Waals surface area contributed by atoms with Crippen molar-refractivity contribution in [3.05, 3.63) is 42.2 Å². The van der Waals surface area contributed by atoms with Crippen LogP contribution in [0.15, 0.2) is 36.7 Å². The molecule has 3 aliphatic carbocycles. The Morgan fingerprint density at radius 2 is 1.76 bits per heavy atom. The second kappa shape index (κ2) is 5.68. The number of allylic oxidation sites excluding steroid dienone is 2. The standard InChI is InChI=1S/C16H18N2O3/c19-15(18-9-10-5-7-17-8-6-10)13-11-1-3-12(4-2-11)14(13)16(20)21/h1,3,5-8,11-14H,2,4,9H2,(H,18,19)(H,20,21)/t11-,12-,13-,14-/m0/s1. The van der Waals surface area contributed by atoms with E-state index in [1.807, 2.05) is 24.3 Å². The topological polar surface area (TPSA) is 79.3 Å². The van der Waals surface area contributed by atoms with Gasteiger partial charge in [0.2, 0.25) is 5.91 Å². The number of carbonyl (C=O) groups excluding carboxylic acids is 1. The van der Waals surface area contributed by atoms with Crippen LogP contribution in [0.3, 0.4) is 0 Å². The third kappa shape index (κ3) is 2.68. The normalized spacial score (nSPS) is 30.1. The number of nitrogens with zero attached hydrogens (tertiary/aromatic N) is 1. The van der Waals surface area contributed by atoms with Gasteiger partial charge in [-0.05, 0) is 42.4 Å². The van der Waals surface area contributed by atoms with Gasteiger partial charge in [0.15, 0.2) is 0 Å². The number of hydrogen-bond donors (Lipinski definition) is 2. The predicted molar refractivity (Wildman–Crippen MR) is 76.1 cm³/mol. The second-order valence-corrected chi connectivity index (χ2v) is 5.75. The van der Waals surface area contributed by atoms with Gasteiger partial charge in [0.25, 0.3) is 0 Å². The fourth-order valence-electron chi connectivity index (χ4n) is 3.50. The van der Waals surface area contributed by atoms with Crippen molar-refractivity contribution in [3.8, 4) is 0 Å². The molecule has 3 aliphatic rings. The first kappa shape index (κ1) is 13.8. The lowest BCUT2D eigenvalue weighted by Crippen LogP contribution is -2.48. The zero-order valence-corrected chi connectivity index (χ0v) is 11.6. The van der Waals surface area contributed by atoms with Crippen molar-refractivity contribution in [2.75, 3.05) is 0 Å². The van der Waals surface area contributed by atoms with E-state index in [9.17, 15) is 14.7 Å². The third-order valence-electron chi connectivity index (χ3n) is 4.55. The van der Waals surface area contributed by atoms with Crippen LogP contribution >= 0.6 is 0 Å². The number of hydrogen-bond acceptors (Lipinski definition) is 3. The van der Waals surface area contributed by atoms with Crippen molar-refractivity contribution < 1.29 is 14.7 Å². The summed E-state index contributed by atoms with van der Waals surface area (Å²) in [6.07, 6.45) is 9.11. The molecule has 1 fully saturated rings. The smallest absolute Gasteiger partial charge is 0.307 e. The van der Waals surface area contributed by atoms with Gasteiger partial charge in [0.1, 0.15) is 0 Å². The Kier molecular flexibility index (Phi) is 3.73. The Bertz CT molecular complexity index is 570. The Hall–Kier alpha value is -2.17. The van der Waals surface area contributed by atoms with Gasteiger partial charge in [-0.25, -0.2) is 0 Å². The van der Waals surface area contributed by atoms with Crippen LogP contribution in [0.25, 0.3) is 0 Å². The lowest BCUT2D eigenvalue weighted by atomic mass is 9.62. The monoisotopic (exact) mass is 286 g/mol. The summed E-state index contributed by atoms with van der Waals surface area (Å²) >= 11 is 0. The summed E-state index contributed by atoms with van der Waals surface area (Å²) in [6, 6.07) is 3.67. The van der Waals surface area contributed by atoms with E-state index < -0.39 is 17.8 Å². The number of rotatable bonds is 4. The van der Waals surface area contributed by atoms with E-state index in [0.717, 1.165) is 18.4 Å². The molecular weight excluding hydrogens is 268 g/mol. The molecule has 0 aromatic carbocycles. The maximum atomic E-state index is 12.5. The number of nitrogens with one attached hydrogen (secondary N) is 1. The summed E-state index contributed by atoms with van der Waals surface area (Å²) in [4.78, 5) is 27.9. The molecule has 1 amide bonds. The first-order valence-corrected chi connectivity index (χ1v) is 7.24. The number of carboxylic acids is 1. The average molecular weight is 286 g/mol. The van der Waals surface area contributed by atoms with Crippen LogP contribution in [0.2, 0.25) is 0 Å². The summed E-state index contributed by atoms with van der Waals surface area (Å²) in [5, 5.41) is 12.3. The maximum absolute atomic E-state index is 12.5. The van der Waals surface area contributed by atoms with Crippen LogP contribution in [-0.2, 0) is 16.1 Å². The lowest BCUT2D eigenvalue weighted by Gasteiger charge is -2.41. The third-order valence-corrected chi connectivity index (χ3v) is 4.55. The van der Waals surface area contributed by atoms with E-state index in [0.29, 0.717) is 6.54 Å². The largest absolute Gasteiger partial charge is 0.481 e. The molecule has 5 heteroatoms. The molecule has 21 heavy (non-hydrogen) atoms. The molecular formula is C16H18N2O3. The lowest BCUT2D eigenvalue weighted by molar-refractivity contribution is -0.153. The minimum absolute atomic E-state index is 0.0100. The highest BCUT2D eigenvalue weighted by molar-refractivity contribution is 5.86. The van der Waals surface area contributed by atoms with Crippen molar-refractivity contribution >= 4 is 11.9 Å². The summed E-state index contributed by atoms with van der Waals surface area (Å²) < 4.78 is 0. The molecule has 2 bridgehead atoms. The van der Waals surface area contributed by atoms with Crippen molar-refractivity contribution in [3.63, 3.8) is 0 Å². The summed E-state index contributed by atoms with van der Waals surface area (Å²) in [7, 11) is 0. The minimum Gasteiger partial charge on any atom is -0.481 e. The van der Waals surface area contributed by atoms with Crippen molar-refractivity contribution in [2.24, 2.45) is 23.7 Å². The fourth-order valence-corrected chi connectivity index (χ4v) is 3.50. The van der Waals surface area contributed by atoms with E-state index in [1.54, 1.807) is 12.4 Å². The molecule has 0 spiro atoms. The van der Waals surface area contributed by atoms with Crippen LogP contribution in [0.5, 0.6) is 0 Å². The van der Waals surface area contributed by atoms with Crippen molar-refractivity contribution in [2.45, 2.75) is 19.4 Å². The molecule has 4 atom stereocenters. The molecule has 0 radical (unpaired) electrons. The number of pyridine rings is 1. The number of aliphatic carboxylic acids is 1. The first-order chi connectivity index (χ1) is 10.2. The molecule has 4 rings (SSSR count). The molecule has 110 valence electrons. The van der Waals surface area contributed by atoms with E-state index in [-0.39, 0.29) is 17.7 Å². The Labute approximate surface area is 123 Å². The van der Waals surface area contributed by atoms with Gasteiger partial charge >= 0.3 is 5.97 Å². The van der Waals surface area contributed by atoms with E-state index in [1.165, 1.54) is 0 Å². The number of carbonyl (C=O) groups is 2. The quantitative estimate of drug-likeness (QED) is 0.824. The first-order valence-electron chi connectivity index (χ1n) is 7.24. The highest BCUT2D eigenvalue weighted by Gasteiger charge is 2.47. The molecule has 1 heterocycles.